The lowest BCUT2D eigenvalue weighted by Gasteiger charge is -2.19. The van der Waals surface area contributed by atoms with Crippen molar-refractivity contribution >= 4 is 22.7 Å². The van der Waals surface area contributed by atoms with Gasteiger partial charge in [0.15, 0.2) is 29.0 Å². The summed E-state index contributed by atoms with van der Waals surface area (Å²) in [5.74, 6) is 1.15. The lowest BCUT2D eigenvalue weighted by molar-refractivity contribution is -0.137. The number of anilines is 1. The minimum atomic E-state index is -0.893. The summed E-state index contributed by atoms with van der Waals surface area (Å²) in [7, 11) is 1.77. The number of carboxylic acid groups (broad SMARTS) is 1. The van der Waals surface area contributed by atoms with Crippen LogP contribution in [0.5, 0.6) is 17.2 Å². The van der Waals surface area contributed by atoms with Gasteiger partial charge in [0.05, 0.1) is 12.8 Å². The molecule has 1 aliphatic rings. The first-order valence-electron chi connectivity index (χ1n) is 11.0. The molecule has 0 amide bonds. The zero-order valence-corrected chi connectivity index (χ0v) is 19.0. The van der Waals surface area contributed by atoms with E-state index in [-0.39, 0.29) is 19.2 Å². The quantitative estimate of drug-likeness (QED) is 0.361. The van der Waals surface area contributed by atoms with Crippen LogP contribution in [0.4, 0.5) is 10.2 Å². The van der Waals surface area contributed by atoms with Crippen LogP contribution in [0.3, 0.4) is 0 Å². The molecule has 0 saturated carbocycles. The maximum absolute atomic E-state index is 14.5. The van der Waals surface area contributed by atoms with Crippen LogP contribution >= 0.6 is 0 Å². The van der Waals surface area contributed by atoms with Crippen LogP contribution in [0.2, 0.25) is 0 Å². The number of fused-ring (bicyclic) bond motifs is 2. The lowest BCUT2D eigenvalue weighted by Crippen LogP contribution is -2.23. The first kappa shape index (κ1) is 22.5. The average Bonchev–Trinajstić information content (AvgIpc) is 3.48. The second-order valence-electron chi connectivity index (χ2n) is 8.11. The maximum Gasteiger partial charge on any atom is 0.323 e. The van der Waals surface area contributed by atoms with Crippen LogP contribution < -0.4 is 19.1 Å². The number of rotatable bonds is 9. The third-order valence-corrected chi connectivity index (χ3v) is 5.67. The van der Waals surface area contributed by atoms with Gasteiger partial charge in [0, 0.05) is 36.3 Å². The summed E-state index contributed by atoms with van der Waals surface area (Å²) in [6.45, 7) is 1.02. The number of nitrogens with zero attached hydrogens (tertiary/aromatic N) is 4. The van der Waals surface area contributed by atoms with Gasteiger partial charge < -0.3 is 28.8 Å². The fourth-order valence-corrected chi connectivity index (χ4v) is 3.95. The van der Waals surface area contributed by atoms with E-state index < -0.39 is 11.8 Å². The molecular formula is C25H23FN4O5. The fourth-order valence-electron chi connectivity index (χ4n) is 3.95. The van der Waals surface area contributed by atoms with E-state index in [1.807, 2.05) is 30.3 Å². The van der Waals surface area contributed by atoms with E-state index in [1.54, 1.807) is 34.8 Å². The second kappa shape index (κ2) is 9.49. The summed E-state index contributed by atoms with van der Waals surface area (Å²) in [4.78, 5) is 21.2. The molecule has 0 radical (unpaired) electrons. The van der Waals surface area contributed by atoms with Crippen molar-refractivity contribution in [3.8, 4) is 28.6 Å². The topological polar surface area (TPSA) is 98.9 Å². The largest absolute Gasteiger partial charge is 0.494 e. The summed E-state index contributed by atoms with van der Waals surface area (Å²) in [5, 5.41) is 9.91. The number of aliphatic carboxylic acids is 1. The molecule has 5 rings (SSSR count). The molecule has 9 nitrogen and oxygen atoms in total. The molecule has 0 bridgehead atoms. The number of ether oxygens (including phenoxy) is 3. The van der Waals surface area contributed by atoms with Gasteiger partial charge in [0.25, 0.3) is 0 Å². The van der Waals surface area contributed by atoms with Crippen LogP contribution in [0.1, 0.15) is 6.42 Å². The van der Waals surface area contributed by atoms with Crippen molar-refractivity contribution < 1.29 is 28.5 Å². The summed E-state index contributed by atoms with van der Waals surface area (Å²) < 4.78 is 32.7. The Kier molecular flexibility index (Phi) is 6.09. The Morgan fingerprint density at radius 1 is 1.20 bits per heavy atom. The van der Waals surface area contributed by atoms with E-state index in [1.165, 1.54) is 6.20 Å². The molecule has 0 spiro atoms. The van der Waals surface area contributed by atoms with Gasteiger partial charge in [-0.25, -0.2) is 14.4 Å². The van der Waals surface area contributed by atoms with Crippen LogP contribution in [0.15, 0.2) is 54.9 Å². The molecule has 1 N–H and O–H groups in total. The van der Waals surface area contributed by atoms with E-state index in [0.29, 0.717) is 48.2 Å². The van der Waals surface area contributed by atoms with E-state index in [2.05, 4.69) is 9.97 Å². The normalized spacial score (nSPS) is 12.2. The van der Waals surface area contributed by atoms with Gasteiger partial charge in [-0.3, -0.25) is 4.79 Å². The van der Waals surface area contributed by atoms with Crippen molar-refractivity contribution in [2.75, 3.05) is 31.9 Å². The van der Waals surface area contributed by atoms with Gasteiger partial charge in [-0.15, -0.1) is 0 Å². The lowest BCUT2D eigenvalue weighted by atomic mass is 10.2. The highest BCUT2D eigenvalue weighted by Gasteiger charge is 2.17. The van der Waals surface area contributed by atoms with Crippen molar-refractivity contribution in [1.82, 2.24) is 14.5 Å². The molecule has 35 heavy (non-hydrogen) atoms. The monoisotopic (exact) mass is 478 g/mol. The molecule has 4 aromatic rings. The molecule has 0 fully saturated rings. The Balaban J connectivity index is 1.19. The predicted molar refractivity (Wildman–Crippen MR) is 127 cm³/mol. The number of benzene rings is 2. The van der Waals surface area contributed by atoms with E-state index >= 15 is 0 Å². The van der Waals surface area contributed by atoms with Gasteiger partial charge >= 0.3 is 5.97 Å². The maximum atomic E-state index is 14.5. The standard InChI is InChI=1S/C25H23FN4O5/c1-29(8-2-10-33-18-4-5-20-16(11-18)7-9-30(20)14-23(31)32)25-19(26)13-27-24(28-25)17-3-6-21-22(12-17)35-15-34-21/h3-7,9,11-13H,2,8,10,14-15H2,1H3,(H,31,32). The average molecular weight is 478 g/mol. The second-order valence-corrected chi connectivity index (χ2v) is 8.11. The highest BCUT2D eigenvalue weighted by atomic mass is 19.1. The van der Waals surface area contributed by atoms with Crippen molar-refractivity contribution in [2.45, 2.75) is 13.0 Å². The Hall–Kier alpha value is -4.34. The molecule has 0 aliphatic carbocycles. The number of carboxylic acids is 1. The molecular weight excluding hydrogens is 455 g/mol. The molecule has 0 saturated heterocycles. The van der Waals surface area contributed by atoms with E-state index in [0.717, 1.165) is 10.9 Å². The Bertz CT molecular complexity index is 1390. The third kappa shape index (κ3) is 4.81. The first-order chi connectivity index (χ1) is 17.0. The molecule has 0 atom stereocenters. The Morgan fingerprint density at radius 3 is 2.91 bits per heavy atom. The number of aromatic nitrogens is 3. The minimum absolute atomic E-state index is 0.0913. The SMILES string of the molecule is CN(CCCOc1ccc2c(ccn2CC(=O)O)c1)c1nc(-c2ccc3c(c2)OCO3)ncc1F. The zero-order valence-electron chi connectivity index (χ0n) is 19.0. The van der Waals surface area contributed by atoms with Crippen LogP contribution in [0, 0.1) is 5.82 Å². The molecule has 1 aliphatic heterocycles. The predicted octanol–water partition coefficient (Wildman–Crippen LogP) is 3.96. The Labute approximate surface area is 200 Å². The molecule has 2 aromatic carbocycles. The van der Waals surface area contributed by atoms with E-state index in [4.69, 9.17) is 19.3 Å². The summed E-state index contributed by atoms with van der Waals surface area (Å²) >= 11 is 0. The summed E-state index contributed by atoms with van der Waals surface area (Å²) in [5.41, 5.74) is 1.54. The van der Waals surface area contributed by atoms with Gasteiger partial charge in [-0.2, -0.15) is 0 Å². The smallest absolute Gasteiger partial charge is 0.323 e. The summed E-state index contributed by atoms with van der Waals surface area (Å²) in [6.07, 6.45) is 3.55. The number of hydrogen-bond donors (Lipinski definition) is 1. The highest BCUT2D eigenvalue weighted by molar-refractivity contribution is 5.83. The zero-order chi connectivity index (χ0) is 24.4. The van der Waals surface area contributed by atoms with Crippen molar-refractivity contribution in [3.05, 3.63) is 60.7 Å². The number of hydrogen-bond acceptors (Lipinski definition) is 7. The van der Waals surface area contributed by atoms with Crippen molar-refractivity contribution in [3.63, 3.8) is 0 Å². The van der Waals surface area contributed by atoms with Crippen LogP contribution in [0.25, 0.3) is 22.3 Å². The summed E-state index contributed by atoms with van der Waals surface area (Å²) in [6, 6.07) is 12.8. The van der Waals surface area contributed by atoms with Crippen molar-refractivity contribution in [1.29, 1.82) is 0 Å². The van der Waals surface area contributed by atoms with Gasteiger partial charge in [0.2, 0.25) is 6.79 Å². The van der Waals surface area contributed by atoms with Crippen molar-refractivity contribution in [2.24, 2.45) is 0 Å². The number of halogens is 1. The third-order valence-electron chi connectivity index (χ3n) is 5.67. The molecule has 0 unspecified atom stereocenters. The molecule has 10 heteroatoms. The van der Waals surface area contributed by atoms with Gasteiger partial charge in [0.1, 0.15) is 12.3 Å². The minimum Gasteiger partial charge on any atom is -0.494 e. The van der Waals surface area contributed by atoms with Crippen LogP contribution in [-0.4, -0.2) is 52.6 Å². The highest BCUT2D eigenvalue weighted by Crippen LogP contribution is 2.35. The molecule has 2 aromatic heterocycles. The van der Waals surface area contributed by atoms with E-state index in [9.17, 15) is 9.18 Å². The van der Waals surface area contributed by atoms with Crippen LogP contribution in [-0.2, 0) is 11.3 Å². The molecule has 180 valence electrons. The Morgan fingerprint density at radius 2 is 2.06 bits per heavy atom. The van der Waals surface area contributed by atoms with Gasteiger partial charge in [-0.05, 0) is 48.9 Å². The fraction of sp³-hybridized carbons (Fsp3) is 0.240. The first-order valence-corrected chi connectivity index (χ1v) is 11.0. The van der Waals surface area contributed by atoms with Gasteiger partial charge in [-0.1, -0.05) is 0 Å². The number of carbonyl (C=O) groups is 1. The molecule has 3 heterocycles.